The van der Waals surface area contributed by atoms with E-state index in [0.717, 1.165) is 12.7 Å². The maximum absolute atomic E-state index is 6.21. The lowest BCUT2D eigenvalue weighted by Gasteiger charge is -2.20. The zero-order chi connectivity index (χ0) is 11.6. The van der Waals surface area contributed by atoms with Gasteiger partial charge in [0.1, 0.15) is 0 Å². The highest BCUT2D eigenvalue weighted by Crippen LogP contribution is 2.39. The molecule has 88 valence electrons. The van der Waals surface area contributed by atoms with Gasteiger partial charge in [-0.1, -0.05) is 30.3 Å². The average Bonchev–Trinajstić information content (AvgIpc) is 2.56. The van der Waals surface area contributed by atoms with Crippen molar-refractivity contribution in [2.75, 3.05) is 6.61 Å². The average molecular weight is 236 g/mol. The van der Waals surface area contributed by atoms with E-state index in [1.807, 2.05) is 6.07 Å². The first-order chi connectivity index (χ1) is 7.62. The van der Waals surface area contributed by atoms with E-state index >= 15 is 0 Å². The summed E-state index contributed by atoms with van der Waals surface area (Å²) in [5, 5.41) is 0. The number of hydrogen-bond donors (Lipinski definition) is 0. The molecule has 1 fully saturated rings. The van der Waals surface area contributed by atoms with Crippen LogP contribution >= 0.6 is 0 Å². The highest BCUT2D eigenvalue weighted by Gasteiger charge is 2.43. The molecule has 0 amide bonds. The largest absolute Gasteiger partial charge is 0.408 e. The van der Waals surface area contributed by atoms with Gasteiger partial charge < -0.3 is 9.16 Å². The van der Waals surface area contributed by atoms with Crippen molar-refractivity contribution in [3.8, 4) is 0 Å². The molecule has 0 saturated carbocycles. The van der Waals surface area contributed by atoms with Crippen molar-refractivity contribution in [1.82, 2.24) is 0 Å². The fourth-order valence-electron chi connectivity index (χ4n) is 2.35. The molecule has 16 heavy (non-hydrogen) atoms. The highest BCUT2D eigenvalue weighted by molar-refractivity contribution is 6.72. The Morgan fingerprint density at radius 2 is 2.00 bits per heavy atom. The summed E-state index contributed by atoms with van der Waals surface area (Å²) in [6, 6.07) is 11.5. The van der Waals surface area contributed by atoms with E-state index in [1.54, 1.807) is 0 Å². The van der Waals surface area contributed by atoms with Crippen LogP contribution in [0.1, 0.15) is 18.6 Å². The minimum atomic E-state index is -1.51. The summed E-state index contributed by atoms with van der Waals surface area (Å²) in [6.07, 6.45) is 0.386. The van der Waals surface area contributed by atoms with Crippen molar-refractivity contribution in [2.24, 2.45) is 0 Å². The quantitative estimate of drug-likeness (QED) is 0.749. The summed E-state index contributed by atoms with van der Waals surface area (Å²) in [5.41, 5.74) is 1.25. The molecule has 2 atom stereocenters. The lowest BCUT2D eigenvalue weighted by molar-refractivity contribution is 0.0123. The first-order valence-electron chi connectivity index (χ1n) is 5.97. The number of rotatable bonds is 3. The molecule has 1 aliphatic rings. The Bertz CT molecular complexity index is 337. The molecule has 0 radical (unpaired) electrons. The predicted molar refractivity (Wildman–Crippen MR) is 68.0 cm³/mol. The molecular weight excluding hydrogens is 216 g/mol. The van der Waals surface area contributed by atoms with Crippen LogP contribution in [0.5, 0.6) is 0 Å². The topological polar surface area (TPSA) is 18.5 Å². The maximum Gasteiger partial charge on any atom is 0.190 e. The van der Waals surface area contributed by atoms with Crippen molar-refractivity contribution in [3.05, 3.63) is 35.9 Å². The number of hydrogen-bond acceptors (Lipinski definition) is 2. The summed E-state index contributed by atoms with van der Waals surface area (Å²) in [4.78, 5) is 0. The molecule has 1 aromatic rings. The summed E-state index contributed by atoms with van der Waals surface area (Å²) in [6.45, 7) is 7.35. The van der Waals surface area contributed by atoms with E-state index in [1.165, 1.54) is 5.56 Å². The van der Waals surface area contributed by atoms with Gasteiger partial charge in [-0.25, -0.2) is 0 Å². The Balaban J connectivity index is 2.19. The third kappa shape index (κ3) is 2.54. The summed E-state index contributed by atoms with van der Waals surface area (Å²) in [7, 11) is -1.51. The van der Waals surface area contributed by atoms with Gasteiger partial charge in [0.05, 0.1) is 12.2 Å². The molecule has 3 heteroatoms. The van der Waals surface area contributed by atoms with Gasteiger partial charge in [0.15, 0.2) is 8.32 Å². The van der Waals surface area contributed by atoms with Gasteiger partial charge >= 0.3 is 0 Å². The van der Waals surface area contributed by atoms with Gasteiger partial charge in [0.2, 0.25) is 0 Å². The molecule has 0 N–H and O–H groups in total. The van der Waals surface area contributed by atoms with E-state index in [-0.39, 0.29) is 12.2 Å². The second-order valence-corrected chi connectivity index (χ2v) is 9.07. The second-order valence-electron chi connectivity index (χ2n) is 4.91. The Hall–Kier alpha value is -0.643. The van der Waals surface area contributed by atoms with E-state index < -0.39 is 8.32 Å². The first kappa shape index (κ1) is 11.8. The van der Waals surface area contributed by atoms with Gasteiger partial charge in [-0.05, 0) is 31.6 Å². The summed E-state index contributed by atoms with van der Waals surface area (Å²) >= 11 is 0. The lowest BCUT2D eigenvalue weighted by atomic mass is 10.1. The third-order valence-corrected chi connectivity index (χ3v) is 5.26. The van der Waals surface area contributed by atoms with Crippen molar-refractivity contribution in [2.45, 2.75) is 38.3 Å². The van der Waals surface area contributed by atoms with Crippen LogP contribution in [-0.4, -0.2) is 21.0 Å². The summed E-state index contributed by atoms with van der Waals surface area (Å²) < 4.78 is 12.0. The van der Waals surface area contributed by atoms with Crippen molar-refractivity contribution < 1.29 is 9.16 Å². The van der Waals surface area contributed by atoms with Crippen LogP contribution in [0.4, 0.5) is 0 Å². The molecule has 2 nitrogen and oxygen atoms in total. The Kier molecular flexibility index (Phi) is 3.47. The standard InChI is InChI=1S/C13H20O2Si/c1-4-14-12-10-16(2,3)15-13(12)11-8-6-5-7-9-11/h5-9,12-13H,4,10H2,1-3H3/t12-,13-/m0/s1. The highest BCUT2D eigenvalue weighted by atomic mass is 28.4. The van der Waals surface area contributed by atoms with E-state index in [9.17, 15) is 0 Å². The lowest BCUT2D eigenvalue weighted by Crippen LogP contribution is -2.24. The zero-order valence-electron chi connectivity index (χ0n) is 10.3. The van der Waals surface area contributed by atoms with Gasteiger partial charge in [0, 0.05) is 6.61 Å². The molecule has 1 aliphatic heterocycles. The Morgan fingerprint density at radius 3 is 2.62 bits per heavy atom. The Labute approximate surface area is 98.7 Å². The van der Waals surface area contributed by atoms with Crippen LogP contribution in [0.25, 0.3) is 0 Å². The first-order valence-corrected chi connectivity index (χ1v) is 9.08. The fourth-order valence-corrected chi connectivity index (χ4v) is 4.72. The molecule has 1 aromatic carbocycles. The van der Waals surface area contributed by atoms with Crippen LogP contribution < -0.4 is 0 Å². The summed E-state index contributed by atoms with van der Waals surface area (Å²) in [5.74, 6) is 0. The molecule has 1 heterocycles. The smallest absolute Gasteiger partial charge is 0.190 e. The minimum absolute atomic E-state index is 0.141. The van der Waals surface area contributed by atoms with Crippen LogP contribution in [0.3, 0.4) is 0 Å². The van der Waals surface area contributed by atoms with Crippen molar-refractivity contribution in [1.29, 1.82) is 0 Å². The van der Waals surface area contributed by atoms with Crippen LogP contribution in [0.15, 0.2) is 30.3 Å². The molecule has 1 saturated heterocycles. The van der Waals surface area contributed by atoms with Gasteiger partial charge in [-0.15, -0.1) is 0 Å². The van der Waals surface area contributed by atoms with Crippen LogP contribution in [0, 0.1) is 0 Å². The van der Waals surface area contributed by atoms with E-state index in [0.29, 0.717) is 0 Å². The van der Waals surface area contributed by atoms with E-state index in [2.05, 4.69) is 44.3 Å². The molecule has 0 aromatic heterocycles. The predicted octanol–water partition coefficient (Wildman–Crippen LogP) is 3.37. The Morgan fingerprint density at radius 1 is 1.31 bits per heavy atom. The normalized spacial score (nSPS) is 28.2. The SMILES string of the molecule is CCO[C@H]1C[Si](C)(C)O[C@H]1c1ccccc1. The molecule has 0 unspecified atom stereocenters. The molecule has 0 bridgehead atoms. The fraction of sp³-hybridized carbons (Fsp3) is 0.538. The van der Waals surface area contributed by atoms with Gasteiger partial charge in [-0.2, -0.15) is 0 Å². The molecule has 0 aliphatic carbocycles. The van der Waals surface area contributed by atoms with E-state index in [4.69, 9.17) is 9.16 Å². The molecular formula is C13H20O2Si. The van der Waals surface area contributed by atoms with Crippen molar-refractivity contribution >= 4 is 8.32 Å². The van der Waals surface area contributed by atoms with Gasteiger partial charge in [0.25, 0.3) is 0 Å². The number of benzene rings is 1. The molecule has 0 spiro atoms. The monoisotopic (exact) mass is 236 g/mol. The number of ether oxygens (including phenoxy) is 1. The third-order valence-electron chi connectivity index (χ3n) is 2.99. The maximum atomic E-state index is 6.21. The minimum Gasteiger partial charge on any atom is -0.408 e. The molecule has 2 rings (SSSR count). The second kappa shape index (κ2) is 4.70. The van der Waals surface area contributed by atoms with Crippen molar-refractivity contribution in [3.63, 3.8) is 0 Å². The van der Waals surface area contributed by atoms with Crippen LogP contribution in [-0.2, 0) is 9.16 Å². The zero-order valence-corrected chi connectivity index (χ0v) is 11.3. The van der Waals surface area contributed by atoms with Gasteiger partial charge in [-0.3, -0.25) is 0 Å². The van der Waals surface area contributed by atoms with Crippen LogP contribution in [0.2, 0.25) is 19.1 Å².